The first kappa shape index (κ1) is 33.4. The Hall–Kier alpha value is -8.15. The van der Waals surface area contributed by atoms with Gasteiger partial charge in [0.15, 0.2) is 28.5 Å². The van der Waals surface area contributed by atoms with E-state index in [9.17, 15) is 0 Å². The van der Waals surface area contributed by atoms with Gasteiger partial charge >= 0.3 is 22.8 Å². The highest BCUT2D eigenvalue weighted by molar-refractivity contribution is 7.24. The van der Waals surface area contributed by atoms with Crippen LogP contribution in [0, 0.1) is 0 Å². The summed E-state index contributed by atoms with van der Waals surface area (Å²) in [6.45, 7) is 0. The Kier molecular flexibility index (Phi) is 5.40. The summed E-state index contributed by atoms with van der Waals surface area (Å²) >= 11 is 0. The Labute approximate surface area is 380 Å². The predicted molar refractivity (Wildman–Crippen MR) is 267 cm³/mol. The number of pyridine rings is 2. The fourth-order valence-corrected chi connectivity index (χ4v) is 25.7. The van der Waals surface area contributed by atoms with E-state index in [-0.39, 0.29) is 4.70 Å². The van der Waals surface area contributed by atoms with Gasteiger partial charge in [-0.1, -0.05) is 146 Å². The number of rotatable bonds is 0. The zero-order valence-electron chi connectivity index (χ0n) is 35.3. The molecule has 302 valence electrons. The quantitative estimate of drug-likeness (QED) is 0.0994. The van der Waals surface area contributed by atoms with Crippen molar-refractivity contribution in [2.24, 2.45) is 0 Å². The van der Waals surface area contributed by atoms with Crippen molar-refractivity contribution in [1.82, 2.24) is 9.27 Å². The second-order valence-corrected chi connectivity index (χ2v) is 26.2. The van der Waals surface area contributed by atoms with Gasteiger partial charge in [-0.3, -0.25) is 0 Å². The molecular weight excluding hydrogens is 839 g/mol. The molecule has 18 rings (SSSR count). The molecule has 8 heteroatoms. The molecule has 6 nitrogen and oxygen atoms in total. The van der Waals surface area contributed by atoms with E-state index in [0.29, 0.717) is 0 Å². The van der Waals surface area contributed by atoms with Crippen LogP contribution in [0.25, 0.3) is 49.9 Å². The number of para-hydroxylation sites is 2. The standard InChI is InChI=1S/C58H34N5OSi2/c1-6-22-44-35(15-1)36-16-2-7-23-45(36)65(44)48-26-10-5-21-41(48)61-52-28-11-12-33-59(52)63-56-42(29-31-50(65)54(56)61)64-43-30-32-51-55(57(43)63)62-53-39(40-20-14-34-60(63)58(40)62)19-13-27-49(53)66(51)46-24-8-3-17-37(46)38-18-4-9-25-47(38)66/h1-34H/q+3. The van der Waals surface area contributed by atoms with Gasteiger partial charge in [0.2, 0.25) is 22.9 Å². The lowest BCUT2D eigenvalue weighted by Gasteiger charge is -2.46. The molecule has 8 aromatic carbocycles. The van der Waals surface area contributed by atoms with E-state index in [4.69, 9.17) is 4.74 Å². The summed E-state index contributed by atoms with van der Waals surface area (Å²) in [5.74, 6) is 2.88. The monoisotopic (exact) mass is 872 g/mol. The summed E-state index contributed by atoms with van der Waals surface area (Å²) in [6.07, 6.45) is 4.66. The summed E-state index contributed by atoms with van der Waals surface area (Å²) in [4.78, 5) is 2.58. The molecule has 3 aromatic heterocycles. The van der Waals surface area contributed by atoms with Gasteiger partial charge in [0.05, 0.1) is 10.1 Å². The van der Waals surface area contributed by atoms with Crippen LogP contribution in [0.1, 0.15) is 0 Å². The van der Waals surface area contributed by atoms with Crippen LogP contribution in [-0.4, -0.2) is 20.7 Å². The third kappa shape index (κ3) is 3.13. The van der Waals surface area contributed by atoms with Gasteiger partial charge in [0.1, 0.15) is 11.2 Å². The number of aromatic nitrogens is 3. The van der Waals surface area contributed by atoms with Crippen molar-refractivity contribution < 1.29 is 14.1 Å². The van der Waals surface area contributed by atoms with E-state index in [1.165, 1.54) is 103 Å². The number of ether oxygens (including phenoxy) is 1. The van der Waals surface area contributed by atoms with Gasteiger partial charge in [0, 0.05) is 32.2 Å². The lowest BCUT2D eigenvalue weighted by atomic mass is 10.1. The molecule has 0 saturated carbocycles. The lowest BCUT2D eigenvalue weighted by Crippen LogP contribution is -2.88. The van der Waals surface area contributed by atoms with Crippen LogP contribution in [0.15, 0.2) is 207 Å². The van der Waals surface area contributed by atoms with Crippen LogP contribution < -0.4 is 65.2 Å². The Balaban J connectivity index is 1.09. The number of quaternary nitrogens is 1. The largest absolute Gasteiger partial charge is 0.444 e. The van der Waals surface area contributed by atoms with Crippen molar-refractivity contribution in [2.45, 2.75) is 0 Å². The summed E-state index contributed by atoms with van der Waals surface area (Å²) in [6, 6.07) is 74.6. The summed E-state index contributed by atoms with van der Waals surface area (Å²) in [7, 11) is -5.89. The zero-order chi connectivity index (χ0) is 42.4. The molecule has 3 spiro atoms. The third-order valence-corrected chi connectivity index (χ3v) is 26.4. The topological polar surface area (TPSA) is 25.2 Å². The highest BCUT2D eigenvalue weighted by Gasteiger charge is 2.72. The number of fused-ring (bicyclic) bond motifs is 19. The maximum atomic E-state index is 7.54. The highest BCUT2D eigenvalue weighted by Crippen LogP contribution is 2.61. The molecule has 7 aliphatic heterocycles. The van der Waals surface area contributed by atoms with Crippen LogP contribution in [0.5, 0.6) is 11.5 Å². The molecule has 1 unspecified atom stereocenters. The SMILES string of the molecule is c1ccc2c(c1)-c1ccccc1[Si]21c2ccccc2N2c3c1ccc1c3[N+]3(c4c(ccc5c4-n4c6c(cccc6c6ccc[n+]3c64)[Si]53c4ccccc4-c4ccccc43)O1)[n+]1ccccc12. The van der Waals surface area contributed by atoms with E-state index >= 15 is 0 Å². The summed E-state index contributed by atoms with van der Waals surface area (Å²) in [5.41, 5.74) is 13.9. The van der Waals surface area contributed by atoms with Crippen LogP contribution in [0.2, 0.25) is 0 Å². The Morgan fingerprint density at radius 2 is 0.909 bits per heavy atom. The van der Waals surface area contributed by atoms with E-state index in [1.54, 1.807) is 0 Å². The molecular formula is C58H34N5OSi2+3. The molecule has 0 bridgehead atoms. The van der Waals surface area contributed by atoms with Crippen molar-refractivity contribution in [3.05, 3.63) is 207 Å². The molecule has 0 N–H and O–H groups in total. The minimum atomic E-state index is -2.94. The van der Waals surface area contributed by atoms with Crippen molar-refractivity contribution in [2.75, 3.05) is 4.90 Å². The summed E-state index contributed by atoms with van der Waals surface area (Å²) < 4.78 is 15.6. The van der Waals surface area contributed by atoms with Crippen LogP contribution in [0.3, 0.4) is 0 Å². The van der Waals surface area contributed by atoms with Crippen LogP contribution in [-0.2, 0) is 0 Å². The predicted octanol–water partition coefficient (Wildman–Crippen LogP) is 6.47. The Morgan fingerprint density at radius 3 is 1.58 bits per heavy atom. The van der Waals surface area contributed by atoms with Gasteiger partial charge in [0.25, 0.3) is 0 Å². The molecule has 0 amide bonds. The average Bonchev–Trinajstić information content (AvgIpc) is 3.99. The molecule has 0 fully saturated rings. The zero-order valence-corrected chi connectivity index (χ0v) is 37.3. The van der Waals surface area contributed by atoms with Crippen LogP contribution in [0.4, 0.5) is 28.6 Å². The fraction of sp³-hybridized carbons (Fsp3) is 0. The maximum absolute atomic E-state index is 7.54. The molecule has 11 aromatic rings. The Morgan fingerprint density at radius 1 is 0.394 bits per heavy atom. The van der Waals surface area contributed by atoms with Crippen molar-refractivity contribution in [3.8, 4) is 39.4 Å². The van der Waals surface area contributed by atoms with E-state index in [0.717, 1.165) is 28.7 Å². The number of anilines is 3. The number of hydrogen-bond donors (Lipinski definition) is 0. The Bertz CT molecular complexity index is 4120. The minimum absolute atomic E-state index is 0.288. The molecule has 1 atom stereocenters. The van der Waals surface area contributed by atoms with Gasteiger partial charge in [-0.15, -0.1) is 0 Å². The van der Waals surface area contributed by atoms with E-state index < -0.39 is 16.1 Å². The molecule has 0 radical (unpaired) electrons. The number of nitrogens with zero attached hydrogens (tertiary/aromatic N) is 5. The van der Waals surface area contributed by atoms with E-state index in [1.807, 2.05) is 0 Å². The van der Waals surface area contributed by atoms with Crippen molar-refractivity contribution in [3.63, 3.8) is 0 Å². The van der Waals surface area contributed by atoms with Crippen LogP contribution >= 0.6 is 0 Å². The smallest absolute Gasteiger partial charge is 0.350 e. The third-order valence-electron chi connectivity index (χ3n) is 16.6. The molecule has 0 saturated heterocycles. The second-order valence-electron chi connectivity index (χ2n) is 18.9. The van der Waals surface area contributed by atoms with Gasteiger partial charge in [-0.05, 0) is 94.8 Å². The number of hydrogen-bond acceptors (Lipinski definition) is 2. The normalized spacial score (nSPS) is 18.1. The highest BCUT2D eigenvalue weighted by atomic mass is 28.3. The fourth-order valence-electron chi connectivity index (χ4n) is 14.6. The van der Waals surface area contributed by atoms with Gasteiger partial charge in [-0.25, -0.2) is 0 Å². The maximum Gasteiger partial charge on any atom is 0.350 e. The van der Waals surface area contributed by atoms with E-state index in [2.05, 4.69) is 225 Å². The van der Waals surface area contributed by atoms with Gasteiger partial charge < -0.3 is 4.74 Å². The molecule has 7 aliphatic rings. The van der Waals surface area contributed by atoms with Crippen molar-refractivity contribution in [1.29, 1.82) is 0 Å². The average molecular weight is 873 g/mol. The first-order valence-electron chi connectivity index (χ1n) is 23.0. The minimum Gasteiger partial charge on any atom is -0.444 e. The van der Waals surface area contributed by atoms with Gasteiger partial charge in [-0.2, -0.15) is 9.47 Å². The summed E-state index contributed by atoms with van der Waals surface area (Å²) in [5, 5.41) is 14.1. The second kappa shape index (κ2) is 10.7. The van der Waals surface area contributed by atoms with Crippen molar-refractivity contribution >= 4 is 108 Å². The first-order valence-corrected chi connectivity index (χ1v) is 27.0. The molecule has 10 heterocycles. The molecule has 66 heavy (non-hydrogen) atoms. The lowest BCUT2D eigenvalue weighted by molar-refractivity contribution is -1.03. The first-order chi connectivity index (χ1) is 32.8. The molecule has 0 aliphatic carbocycles. The number of benzene rings is 8.